The van der Waals surface area contributed by atoms with Gasteiger partial charge in [0.25, 0.3) is 0 Å². The van der Waals surface area contributed by atoms with E-state index in [0.717, 1.165) is 11.3 Å². The molecular formula is C16H11BrFNO2. The van der Waals surface area contributed by atoms with Gasteiger partial charge in [-0.15, -0.1) is 0 Å². The van der Waals surface area contributed by atoms with Crippen LogP contribution in [0.1, 0.15) is 27.9 Å². The maximum atomic E-state index is 13.1. The van der Waals surface area contributed by atoms with E-state index in [9.17, 15) is 14.0 Å². The molecule has 1 aliphatic rings. The van der Waals surface area contributed by atoms with Crippen LogP contribution in [-0.4, -0.2) is 11.7 Å². The first-order chi connectivity index (χ1) is 10.0. The van der Waals surface area contributed by atoms with Crippen molar-refractivity contribution in [3.05, 3.63) is 63.4 Å². The van der Waals surface area contributed by atoms with Crippen molar-refractivity contribution in [3.8, 4) is 0 Å². The number of hydrogen-bond donors (Lipinski definition) is 1. The lowest BCUT2D eigenvalue weighted by molar-refractivity contribution is -0.116. The Balaban J connectivity index is 1.97. The number of benzene rings is 2. The summed E-state index contributed by atoms with van der Waals surface area (Å²) in [6, 6.07) is 9.18. The Morgan fingerprint density at radius 3 is 2.71 bits per heavy atom. The van der Waals surface area contributed by atoms with Crippen LogP contribution in [-0.2, 0) is 11.2 Å². The number of ketones is 1. The second-order valence-electron chi connectivity index (χ2n) is 4.87. The largest absolute Gasteiger partial charge is 0.326 e. The Bertz CT molecular complexity index is 758. The van der Waals surface area contributed by atoms with Gasteiger partial charge >= 0.3 is 0 Å². The molecule has 0 saturated carbocycles. The van der Waals surface area contributed by atoms with Crippen LogP contribution >= 0.6 is 15.9 Å². The zero-order valence-corrected chi connectivity index (χ0v) is 12.5. The van der Waals surface area contributed by atoms with Crippen molar-refractivity contribution in [1.29, 1.82) is 0 Å². The quantitative estimate of drug-likeness (QED) is 0.842. The van der Waals surface area contributed by atoms with Gasteiger partial charge in [-0.3, -0.25) is 9.59 Å². The molecule has 5 heteroatoms. The zero-order chi connectivity index (χ0) is 15.0. The van der Waals surface area contributed by atoms with E-state index in [-0.39, 0.29) is 11.7 Å². The molecule has 2 aromatic rings. The van der Waals surface area contributed by atoms with Crippen LogP contribution in [0.2, 0.25) is 0 Å². The van der Waals surface area contributed by atoms with Crippen LogP contribution < -0.4 is 5.32 Å². The number of rotatable bonds is 2. The highest BCUT2D eigenvalue weighted by Crippen LogP contribution is 2.26. The van der Waals surface area contributed by atoms with E-state index < -0.39 is 5.82 Å². The van der Waals surface area contributed by atoms with E-state index in [1.165, 1.54) is 18.2 Å². The van der Waals surface area contributed by atoms with Crippen LogP contribution in [0.4, 0.5) is 10.1 Å². The van der Waals surface area contributed by atoms with Crippen molar-refractivity contribution < 1.29 is 14.0 Å². The highest BCUT2D eigenvalue weighted by atomic mass is 79.9. The summed E-state index contributed by atoms with van der Waals surface area (Å²) in [5, 5.41) is 2.78. The molecule has 0 aliphatic carbocycles. The van der Waals surface area contributed by atoms with Crippen LogP contribution in [0.3, 0.4) is 0 Å². The minimum Gasteiger partial charge on any atom is -0.326 e. The summed E-state index contributed by atoms with van der Waals surface area (Å²) < 4.78 is 13.5. The molecule has 0 fully saturated rings. The lowest BCUT2D eigenvalue weighted by Crippen LogP contribution is -2.19. The SMILES string of the molecule is O=C1CCc2cc(C(=O)c3ccc(F)cc3Br)ccc2N1. The van der Waals surface area contributed by atoms with E-state index >= 15 is 0 Å². The maximum absolute atomic E-state index is 13.1. The highest BCUT2D eigenvalue weighted by Gasteiger charge is 2.18. The maximum Gasteiger partial charge on any atom is 0.224 e. The van der Waals surface area contributed by atoms with Crippen molar-refractivity contribution in [2.45, 2.75) is 12.8 Å². The van der Waals surface area contributed by atoms with Gasteiger partial charge in [-0.2, -0.15) is 0 Å². The molecule has 3 rings (SSSR count). The fourth-order valence-corrected chi connectivity index (χ4v) is 2.88. The second-order valence-corrected chi connectivity index (χ2v) is 5.73. The summed E-state index contributed by atoms with van der Waals surface area (Å²) in [5.41, 5.74) is 2.63. The molecule has 1 heterocycles. The van der Waals surface area contributed by atoms with Gasteiger partial charge in [-0.05, 0) is 64.3 Å². The predicted molar refractivity (Wildman–Crippen MR) is 80.9 cm³/mol. The fraction of sp³-hybridized carbons (Fsp3) is 0.125. The zero-order valence-electron chi connectivity index (χ0n) is 11.0. The molecule has 1 N–H and O–H groups in total. The first-order valence-corrected chi connectivity index (χ1v) is 7.26. The molecule has 21 heavy (non-hydrogen) atoms. The van der Waals surface area contributed by atoms with E-state index in [4.69, 9.17) is 0 Å². The van der Waals surface area contributed by atoms with E-state index in [2.05, 4.69) is 21.2 Å². The van der Waals surface area contributed by atoms with Crippen molar-refractivity contribution >= 4 is 33.3 Å². The Morgan fingerprint density at radius 1 is 1.14 bits per heavy atom. The van der Waals surface area contributed by atoms with Gasteiger partial charge in [-0.1, -0.05) is 0 Å². The van der Waals surface area contributed by atoms with Crippen LogP contribution in [0, 0.1) is 5.82 Å². The normalized spacial score (nSPS) is 13.5. The molecule has 0 atom stereocenters. The third kappa shape index (κ3) is 2.74. The first-order valence-electron chi connectivity index (χ1n) is 6.47. The number of aryl methyl sites for hydroxylation is 1. The molecule has 0 unspecified atom stereocenters. The molecule has 0 spiro atoms. The molecule has 0 saturated heterocycles. The fourth-order valence-electron chi connectivity index (χ4n) is 2.35. The van der Waals surface area contributed by atoms with Gasteiger partial charge in [0.1, 0.15) is 5.82 Å². The van der Waals surface area contributed by atoms with Gasteiger partial charge in [0.2, 0.25) is 5.91 Å². The monoisotopic (exact) mass is 347 g/mol. The second kappa shape index (κ2) is 5.41. The van der Waals surface area contributed by atoms with Gasteiger partial charge in [0, 0.05) is 27.7 Å². The standard InChI is InChI=1S/C16H11BrFNO2/c17-13-8-11(18)3-4-12(13)16(21)10-1-5-14-9(7-10)2-6-15(20)19-14/h1,3-5,7-8H,2,6H2,(H,19,20). The van der Waals surface area contributed by atoms with Crippen LogP contribution in [0.25, 0.3) is 0 Å². The molecule has 3 nitrogen and oxygen atoms in total. The van der Waals surface area contributed by atoms with Crippen LogP contribution in [0.5, 0.6) is 0 Å². The Kier molecular flexibility index (Phi) is 3.59. The Labute approximate surface area is 129 Å². The smallest absolute Gasteiger partial charge is 0.224 e. The number of amides is 1. The number of hydrogen-bond acceptors (Lipinski definition) is 2. The van der Waals surface area contributed by atoms with E-state index in [0.29, 0.717) is 28.4 Å². The number of halogens is 2. The Morgan fingerprint density at radius 2 is 1.95 bits per heavy atom. The highest BCUT2D eigenvalue weighted by molar-refractivity contribution is 9.10. The average molecular weight is 348 g/mol. The van der Waals surface area contributed by atoms with E-state index in [1.54, 1.807) is 18.2 Å². The number of carbonyl (C=O) groups excluding carboxylic acids is 2. The topological polar surface area (TPSA) is 46.2 Å². The summed E-state index contributed by atoms with van der Waals surface area (Å²) in [7, 11) is 0. The first kappa shape index (κ1) is 13.9. The third-order valence-corrected chi connectivity index (χ3v) is 4.09. The summed E-state index contributed by atoms with van der Waals surface area (Å²) in [6.07, 6.45) is 1.04. The minimum absolute atomic E-state index is 0.0112. The van der Waals surface area contributed by atoms with E-state index in [1.807, 2.05) is 0 Å². The van der Waals surface area contributed by atoms with Crippen molar-refractivity contribution in [2.75, 3.05) is 5.32 Å². The molecule has 0 aromatic heterocycles. The van der Waals surface area contributed by atoms with Gasteiger partial charge in [0.15, 0.2) is 5.78 Å². The molecule has 1 amide bonds. The predicted octanol–water partition coefficient (Wildman–Crippen LogP) is 3.70. The van der Waals surface area contributed by atoms with Gasteiger partial charge in [0.05, 0.1) is 0 Å². The van der Waals surface area contributed by atoms with Gasteiger partial charge < -0.3 is 5.32 Å². The summed E-state index contributed by atoms with van der Waals surface area (Å²) in [6.45, 7) is 0. The third-order valence-electron chi connectivity index (χ3n) is 3.44. The van der Waals surface area contributed by atoms with Crippen molar-refractivity contribution in [1.82, 2.24) is 0 Å². The molecule has 2 aromatic carbocycles. The Hall–Kier alpha value is -2.01. The lowest BCUT2D eigenvalue weighted by Gasteiger charge is -2.17. The van der Waals surface area contributed by atoms with Crippen molar-refractivity contribution in [3.63, 3.8) is 0 Å². The molecule has 106 valence electrons. The minimum atomic E-state index is -0.397. The molecule has 0 bridgehead atoms. The summed E-state index contributed by atoms with van der Waals surface area (Å²) >= 11 is 3.21. The summed E-state index contributed by atoms with van der Waals surface area (Å²) in [4.78, 5) is 23.8. The molecule has 1 aliphatic heterocycles. The molecule has 0 radical (unpaired) electrons. The number of nitrogens with one attached hydrogen (secondary N) is 1. The number of fused-ring (bicyclic) bond motifs is 1. The number of carbonyl (C=O) groups is 2. The summed E-state index contributed by atoms with van der Waals surface area (Å²) in [5.74, 6) is -0.587. The average Bonchev–Trinajstić information content (AvgIpc) is 2.46. The van der Waals surface area contributed by atoms with Crippen LogP contribution in [0.15, 0.2) is 40.9 Å². The lowest BCUT2D eigenvalue weighted by atomic mass is 9.96. The molecular weight excluding hydrogens is 337 g/mol. The van der Waals surface area contributed by atoms with Gasteiger partial charge in [-0.25, -0.2) is 4.39 Å². The van der Waals surface area contributed by atoms with Crippen molar-refractivity contribution in [2.24, 2.45) is 0 Å². The number of anilines is 1.